The third-order valence-corrected chi connectivity index (χ3v) is 8.25. The van der Waals surface area contributed by atoms with Crippen LogP contribution in [0.25, 0.3) is 0 Å². The second-order valence-electron chi connectivity index (χ2n) is 4.09. The van der Waals surface area contributed by atoms with Gasteiger partial charge in [-0.2, -0.15) is 0 Å². The number of hydrogen-bond donors (Lipinski definition) is 0. The van der Waals surface area contributed by atoms with Crippen molar-refractivity contribution in [3.8, 4) is 0 Å². The lowest BCUT2D eigenvalue weighted by Crippen LogP contribution is -2.41. The maximum atomic E-state index is 6.19. The zero-order chi connectivity index (χ0) is 11.8. The van der Waals surface area contributed by atoms with E-state index in [1.807, 2.05) is 6.07 Å². The van der Waals surface area contributed by atoms with E-state index in [4.69, 9.17) is 46.4 Å². The topological polar surface area (TPSA) is 0 Å². The highest BCUT2D eigenvalue weighted by Gasteiger charge is 2.26. The molecular weight excluding hydrogens is 290 g/mol. The van der Waals surface area contributed by atoms with Gasteiger partial charge in [-0.3, -0.25) is 0 Å². The lowest BCUT2D eigenvalue weighted by molar-refractivity contribution is 1.37. The molecule has 84 valence electrons. The highest BCUT2D eigenvalue weighted by Crippen LogP contribution is 2.35. The number of halogens is 4. The fourth-order valence-corrected chi connectivity index (χ4v) is 4.63. The zero-order valence-electron chi connectivity index (χ0n) is 8.80. The number of hydrogen-bond acceptors (Lipinski definition) is 0. The first kappa shape index (κ1) is 13.7. The van der Waals surface area contributed by atoms with Crippen LogP contribution in [0.1, 0.15) is 6.92 Å². The molecule has 0 heterocycles. The van der Waals surface area contributed by atoms with E-state index in [-0.39, 0.29) is 0 Å². The number of rotatable bonds is 2. The van der Waals surface area contributed by atoms with Crippen molar-refractivity contribution in [3.05, 3.63) is 26.2 Å². The Morgan fingerprint density at radius 3 is 2.00 bits per heavy atom. The first-order valence-electron chi connectivity index (χ1n) is 4.64. The van der Waals surface area contributed by atoms with Crippen LogP contribution >= 0.6 is 46.4 Å². The van der Waals surface area contributed by atoms with Crippen LogP contribution in [-0.2, 0) is 0 Å². The molecule has 1 aromatic rings. The molecule has 0 aliphatic carbocycles. The first-order chi connectivity index (χ1) is 6.81. The van der Waals surface area contributed by atoms with E-state index in [9.17, 15) is 0 Å². The van der Waals surface area contributed by atoms with E-state index >= 15 is 0 Å². The Labute approximate surface area is 111 Å². The van der Waals surface area contributed by atoms with Crippen LogP contribution in [0.15, 0.2) is 6.07 Å². The Morgan fingerprint density at radius 1 is 1.00 bits per heavy atom. The maximum Gasteiger partial charge on any atom is 0.0824 e. The molecule has 0 N–H and O–H groups in total. The molecule has 0 saturated heterocycles. The molecule has 0 saturated carbocycles. The minimum atomic E-state index is -1.54. The zero-order valence-corrected chi connectivity index (χ0v) is 12.8. The van der Waals surface area contributed by atoms with E-state index in [1.165, 1.54) is 0 Å². The highest BCUT2D eigenvalue weighted by atomic mass is 35.5. The minimum Gasteiger partial charge on any atom is -0.0828 e. The lowest BCUT2D eigenvalue weighted by Gasteiger charge is -2.23. The maximum absolute atomic E-state index is 6.19. The van der Waals surface area contributed by atoms with Crippen molar-refractivity contribution in [2.75, 3.05) is 0 Å². The average molecular weight is 302 g/mol. The Kier molecular flexibility index (Phi) is 4.41. The second-order valence-corrected chi connectivity index (χ2v) is 10.6. The van der Waals surface area contributed by atoms with Crippen LogP contribution < -0.4 is 5.19 Å². The van der Waals surface area contributed by atoms with E-state index in [2.05, 4.69) is 20.0 Å². The van der Waals surface area contributed by atoms with Gasteiger partial charge in [-0.1, -0.05) is 72.5 Å². The monoisotopic (exact) mass is 300 g/mol. The van der Waals surface area contributed by atoms with Crippen molar-refractivity contribution in [1.82, 2.24) is 0 Å². The number of benzene rings is 1. The molecule has 0 amide bonds. The van der Waals surface area contributed by atoms with Gasteiger partial charge in [-0.25, -0.2) is 0 Å². The Morgan fingerprint density at radius 2 is 1.53 bits per heavy atom. The molecule has 0 unspecified atom stereocenters. The summed E-state index contributed by atoms with van der Waals surface area (Å²) in [6, 6.07) is 2.94. The fourth-order valence-electron chi connectivity index (χ4n) is 1.26. The largest absolute Gasteiger partial charge is 0.0828 e. The third-order valence-electron chi connectivity index (χ3n) is 2.72. The van der Waals surface area contributed by atoms with Crippen molar-refractivity contribution in [2.45, 2.75) is 26.1 Å². The Hall–Kier alpha value is 0.597. The van der Waals surface area contributed by atoms with Gasteiger partial charge in [0.25, 0.3) is 0 Å². The quantitative estimate of drug-likeness (QED) is 0.398. The molecule has 0 bridgehead atoms. The van der Waals surface area contributed by atoms with Crippen molar-refractivity contribution in [3.63, 3.8) is 0 Å². The standard InChI is InChI=1S/C10H12Cl4Si/c1-4-15(2,3)7-5-6(11)8(12)10(14)9(7)13/h5H,4H2,1-3H3. The van der Waals surface area contributed by atoms with Crippen LogP contribution in [-0.4, -0.2) is 8.07 Å². The van der Waals surface area contributed by atoms with Gasteiger partial charge in [0.05, 0.1) is 28.2 Å². The lowest BCUT2D eigenvalue weighted by atomic mass is 10.3. The Bertz CT molecular complexity index is 387. The van der Waals surface area contributed by atoms with E-state index < -0.39 is 8.07 Å². The summed E-state index contributed by atoms with van der Waals surface area (Å²) in [6.07, 6.45) is 0. The van der Waals surface area contributed by atoms with E-state index in [0.717, 1.165) is 11.2 Å². The van der Waals surface area contributed by atoms with Crippen LogP contribution in [0.3, 0.4) is 0 Å². The van der Waals surface area contributed by atoms with Gasteiger partial charge in [0.1, 0.15) is 0 Å². The summed E-state index contributed by atoms with van der Waals surface area (Å²) in [5.41, 5.74) is 0. The van der Waals surface area contributed by atoms with Crippen LogP contribution in [0.5, 0.6) is 0 Å². The van der Waals surface area contributed by atoms with Gasteiger partial charge in [0.15, 0.2) is 0 Å². The smallest absolute Gasteiger partial charge is 0.0824 e. The molecular formula is C10H12Cl4Si. The third kappa shape index (κ3) is 2.64. The predicted octanol–water partition coefficient (Wildman–Crippen LogP) is 5.24. The van der Waals surface area contributed by atoms with Gasteiger partial charge in [-0.15, -0.1) is 0 Å². The summed E-state index contributed by atoms with van der Waals surface area (Å²) in [6.45, 7) is 6.61. The van der Waals surface area contributed by atoms with E-state index in [0.29, 0.717) is 20.1 Å². The predicted molar refractivity (Wildman–Crippen MR) is 74.1 cm³/mol. The Balaban J connectivity index is 3.45. The fraction of sp³-hybridized carbons (Fsp3) is 0.400. The van der Waals surface area contributed by atoms with Crippen LogP contribution in [0.4, 0.5) is 0 Å². The average Bonchev–Trinajstić information content (AvgIpc) is 2.20. The summed E-state index contributed by atoms with van der Waals surface area (Å²) in [5.74, 6) is 0. The molecule has 0 fully saturated rings. The normalized spacial score (nSPS) is 11.9. The molecule has 0 spiro atoms. The van der Waals surface area contributed by atoms with Crippen LogP contribution in [0, 0.1) is 0 Å². The van der Waals surface area contributed by atoms with E-state index in [1.54, 1.807) is 0 Å². The second kappa shape index (κ2) is 4.85. The minimum absolute atomic E-state index is 0.341. The molecule has 0 aliphatic heterocycles. The van der Waals surface area contributed by atoms with Gasteiger partial charge in [-0.05, 0) is 11.3 Å². The van der Waals surface area contributed by atoms with Crippen LogP contribution in [0.2, 0.25) is 39.2 Å². The summed E-state index contributed by atoms with van der Waals surface area (Å²) in [4.78, 5) is 0. The van der Waals surface area contributed by atoms with Gasteiger partial charge in [0, 0.05) is 0 Å². The molecule has 0 aliphatic rings. The summed E-state index contributed by atoms with van der Waals surface area (Å²) < 4.78 is 0. The molecule has 0 radical (unpaired) electrons. The molecule has 0 aromatic heterocycles. The summed E-state index contributed by atoms with van der Waals surface area (Å²) in [7, 11) is -1.54. The van der Waals surface area contributed by atoms with Crippen molar-refractivity contribution in [1.29, 1.82) is 0 Å². The molecule has 0 atom stereocenters. The molecule has 1 aromatic carbocycles. The highest BCUT2D eigenvalue weighted by molar-refractivity contribution is 6.91. The van der Waals surface area contributed by atoms with Crippen molar-refractivity contribution in [2.24, 2.45) is 0 Å². The molecule has 0 nitrogen and oxygen atoms in total. The SMILES string of the molecule is CC[Si](C)(C)c1cc(Cl)c(Cl)c(Cl)c1Cl. The molecule has 15 heavy (non-hydrogen) atoms. The van der Waals surface area contributed by atoms with Gasteiger partial charge in [0.2, 0.25) is 0 Å². The molecule has 5 heteroatoms. The summed E-state index contributed by atoms with van der Waals surface area (Å²) in [5, 5.41) is 2.83. The summed E-state index contributed by atoms with van der Waals surface area (Å²) >= 11 is 24.1. The van der Waals surface area contributed by atoms with Crippen molar-refractivity contribution >= 4 is 59.7 Å². The van der Waals surface area contributed by atoms with Crippen molar-refractivity contribution < 1.29 is 0 Å². The van der Waals surface area contributed by atoms with Gasteiger partial charge >= 0.3 is 0 Å². The first-order valence-corrected chi connectivity index (χ1v) is 9.36. The molecule has 1 rings (SSSR count). The van der Waals surface area contributed by atoms with Gasteiger partial charge < -0.3 is 0 Å².